The van der Waals surface area contributed by atoms with Crippen molar-refractivity contribution in [2.24, 2.45) is 0 Å². The number of hydrogen-bond donors (Lipinski definition) is 2. The van der Waals surface area contributed by atoms with Gasteiger partial charge in [0.05, 0.1) is 7.11 Å². The van der Waals surface area contributed by atoms with E-state index in [0.717, 1.165) is 0 Å². The van der Waals surface area contributed by atoms with Crippen molar-refractivity contribution in [2.75, 3.05) is 20.2 Å². The van der Waals surface area contributed by atoms with Crippen LogP contribution in [-0.2, 0) is 4.74 Å². The van der Waals surface area contributed by atoms with E-state index in [1.807, 2.05) is 0 Å². The first-order chi connectivity index (χ1) is 9.81. The van der Waals surface area contributed by atoms with Crippen LogP contribution in [0.15, 0.2) is 18.3 Å². The molecule has 0 fully saturated rings. The molecule has 0 atom stereocenters. The number of pyridine rings is 1. The van der Waals surface area contributed by atoms with E-state index in [2.05, 4.69) is 15.6 Å². The van der Waals surface area contributed by atoms with Crippen molar-refractivity contribution < 1.29 is 19.1 Å². The second-order valence-electron chi connectivity index (χ2n) is 5.27. The lowest BCUT2D eigenvalue weighted by molar-refractivity contribution is 0.0526. The normalized spacial score (nSPS) is 10.7. The van der Waals surface area contributed by atoms with Crippen LogP contribution in [0.5, 0.6) is 5.75 Å². The molecule has 1 rings (SSSR count). The van der Waals surface area contributed by atoms with E-state index in [4.69, 9.17) is 9.47 Å². The number of aromatic nitrogens is 1. The number of carbonyl (C=O) groups is 2. The molecule has 2 amide bonds. The van der Waals surface area contributed by atoms with Crippen molar-refractivity contribution in [1.29, 1.82) is 0 Å². The van der Waals surface area contributed by atoms with E-state index in [-0.39, 0.29) is 24.7 Å². The molecule has 0 saturated heterocycles. The van der Waals surface area contributed by atoms with Crippen molar-refractivity contribution in [3.05, 3.63) is 24.0 Å². The highest BCUT2D eigenvalue weighted by Crippen LogP contribution is 2.09. The molecule has 0 radical (unpaired) electrons. The molecule has 2 N–H and O–H groups in total. The maximum Gasteiger partial charge on any atom is 0.407 e. The first-order valence-electron chi connectivity index (χ1n) is 6.57. The van der Waals surface area contributed by atoms with Gasteiger partial charge in [0.1, 0.15) is 17.0 Å². The van der Waals surface area contributed by atoms with Gasteiger partial charge in [0.2, 0.25) is 0 Å². The fourth-order valence-corrected chi connectivity index (χ4v) is 1.41. The Labute approximate surface area is 124 Å². The molecule has 0 spiro atoms. The van der Waals surface area contributed by atoms with Crippen molar-refractivity contribution in [2.45, 2.75) is 26.4 Å². The van der Waals surface area contributed by atoms with Crippen LogP contribution in [0.3, 0.4) is 0 Å². The molecule has 7 nitrogen and oxygen atoms in total. The average molecular weight is 295 g/mol. The van der Waals surface area contributed by atoms with E-state index in [9.17, 15) is 9.59 Å². The summed E-state index contributed by atoms with van der Waals surface area (Å²) in [4.78, 5) is 27.1. The third-order valence-electron chi connectivity index (χ3n) is 2.28. The number of rotatable bonds is 5. The smallest absolute Gasteiger partial charge is 0.407 e. The Morgan fingerprint density at radius 3 is 2.52 bits per heavy atom. The quantitative estimate of drug-likeness (QED) is 0.800. The van der Waals surface area contributed by atoms with Gasteiger partial charge in [-0.05, 0) is 26.8 Å². The van der Waals surface area contributed by atoms with Crippen molar-refractivity contribution in [1.82, 2.24) is 15.6 Å². The van der Waals surface area contributed by atoms with Gasteiger partial charge in [-0.2, -0.15) is 0 Å². The van der Waals surface area contributed by atoms with Crippen molar-refractivity contribution in [3.8, 4) is 5.75 Å². The van der Waals surface area contributed by atoms with Gasteiger partial charge < -0.3 is 20.1 Å². The zero-order chi connectivity index (χ0) is 15.9. The molecule has 116 valence electrons. The highest BCUT2D eigenvalue weighted by molar-refractivity contribution is 5.92. The minimum absolute atomic E-state index is 0.256. The number of nitrogens with one attached hydrogen (secondary N) is 2. The number of ether oxygens (including phenoxy) is 2. The van der Waals surface area contributed by atoms with Gasteiger partial charge in [-0.25, -0.2) is 4.79 Å². The van der Waals surface area contributed by atoms with E-state index >= 15 is 0 Å². The fraction of sp³-hybridized carbons (Fsp3) is 0.500. The monoisotopic (exact) mass is 295 g/mol. The van der Waals surface area contributed by atoms with E-state index in [0.29, 0.717) is 5.75 Å². The predicted octanol–water partition coefficient (Wildman–Crippen LogP) is 1.34. The largest absolute Gasteiger partial charge is 0.497 e. The number of amides is 2. The summed E-state index contributed by atoms with van der Waals surface area (Å²) in [5.41, 5.74) is -0.288. The lowest BCUT2D eigenvalue weighted by Crippen LogP contribution is -2.38. The second kappa shape index (κ2) is 7.47. The zero-order valence-corrected chi connectivity index (χ0v) is 12.7. The molecule has 0 aromatic carbocycles. The summed E-state index contributed by atoms with van der Waals surface area (Å²) in [6.07, 6.45) is 0.975. The van der Waals surface area contributed by atoms with Gasteiger partial charge in [-0.3, -0.25) is 9.78 Å². The van der Waals surface area contributed by atoms with Crippen LogP contribution in [0.2, 0.25) is 0 Å². The third-order valence-corrected chi connectivity index (χ3v) is 2.28. The Hall–Kier alpha value is -2.31. The number of carbonyl (C=O) groups excluding carboxylic acids is 2. The van der Waals surface area contributed by atoms with Gasteiger partial charge in [0, 0.05) is 25.4 Å². The van der Waals surface area contributed by atoms with Crippen molar-refractivity contribution in [3.63, 3.8) is 0 Å². The Morgan fingerprint density at radius 1 is 1.24 bits per heavy atom. The average Bonchev–Trinajstić information content (AvgIpc) is 2.41. The molecule has 0 saturated carbocycles. The Balaban J connectivity index is 2.32. The molecule has 0 aliphatic rings. The topological polar surface area (TPSA) is 89.5 Å². The molecular formula is C14H21N3O4. The number of methoxy groups -OCH3 is 1. The fourth-order valence-electron chi connectivity index (χ4n) is 1.41. The Kier molecular flexibility index (Phi) is 5.95. The van der Waals surface area contributed by atoms with Gasteiger partial charge >= 0.3 is 6.09 Å². The molecule has 0 aliphatic carbocycles. The highest BCUT2D eigenvalue weighted by atomic mass is 16.6. The Morgan fingerprint density at radius 2 is 1.90 bits per heavy atom. The van der Waals surface area contributed by atoms with E-state index in [1.165, 1.54) is 19.4 Å². The second-order valence-corrected chi connectivity index (χ2v) is 5.27. The van der Waals surface area contributed by atoms with Crippen LogP contribution in [0, 0.1) is 0 Å². The summed E-state index contributed by atoms with van der Waals surface area (Å²) in [6, 6.07) is 3.19. The molecule has 1 aromatic rings. The first kappa shape index (κ1) is 16.7. The van der Waals surface area contributed by atoms with Crippen LogP contribution >= 0.6 is 0 Å². The molecule has 0 bridgehead atoms. The number of alkyl carbamates (subject to hydrolysis) is 1. The van der Waals surface area contributed by atoms with Crippen molar-refractivity contribution >= 4 is 12.0 Å². The zero-order valence-electron chi connectivity index (χ0n) is 12.7. The summed E-state index contributed by atoms with van der Waals surface area (Å²) in [5.74, 6) is 0.224. The lowest BCUT2D eigenvalue weighted by Gasteiger charge is -2.19. The molecular weight excluding hydrogens is 274 g/mol. The molecule has 0 aliphatic heterocycles. The molecule has 1 heterocycles. The van der Waals surface area contributed by atoms with Gasteiger partial charge in [-0.15, -0.1) is 0 Å². The van der Waals surface area contributed by atoms with Crippen LogP contribution in [0.4, 0.5) is 4.79 Å². The maximum atomic E-state index is 11.8. The summed E-state index contributed by atoms with van der Waals surface area (Å²) < 4.78 is 10.1. The summed E-state index contributed by atoms with van der Waals surface area (Å²) >= 11 is 0. The minimum Gasteiger partial charge on any atom is -0.497 e. The van der Waals surface area contributed by atoms with Crippen LogP contribution in [-0.4, -0.2) is 42.8 Å². The van der Waals surface area contributed by atoms with Crippen LogP contribution in [0.1, 0.15) is 31.3 Å². The number of hydrogen-bond acceptors (Lipinski definition) is 5. The molecule has 0 unspecified atom stereocenters. The highest BCUT2D eigenvalue weighted by Gasteiger charge is 2.15. The lowest BCUT2D eigenvalue weighted by atomic mass is 10.2. The van der Waals surface area contributed by atoms with Gasteiger partial charge in [-0.1, -0.05) is 0 Å². The SMILES string of the molecule is COc1ccnc(C(=O)NCCNC(=O)OC(C)(C)C)c1. The third kappa shape index (κ3) is 6.60. The first-order valence-corrected chi connectivity index (χ1v) is 6.57. The van der Waals surface area contributed by atoms with E-state index in [1.54, 1.807) is 26.8 Å². The maximum absolute atomic E-state index is 11.8. The van der Waals surface area contributed by atoms with Gasteiger partial charge in [0.25, 0.3) is 5.91 Å². The standard InChI is InChI=1S/C14H21N3O4/c1-14(2,3)21-13(19)17-8-7-16-12(18)11-9-10(20-4)5-6-15-11/h5-6,9H,7-8H2,1-4H3,(H,16,18)(H,17,19). The predicted molar refractivity (Wildman–Crippen MR) is 77.4 cm³/mol. The minimum atomic E-state index is -0.544. The van der Waals surface area contributed by atoms with Crippen LogP contribution in [0.25, 0.3) is 0 Å². The summed E-state index contributed by atoms with van der Waals surface area (Å²) in [5, 5.41) is 5.19. The number of nitrogens with zero attached hydrogens (tertiary/aromatic N) is 1. The molecule has 1 aromatic heterocycles. The van der Waals surface area contributed by atoms with Gasteiger partial charge in [0.15, 0.2) is 0 Å². The summed E-state index contributed by atoms with van der Waals surface area (Å²) in [6.45, 7) is 5.88. The van der Waals surface area contributed by atoms with Crippen LogP contribution < -0.4 is 15.4 Å². The molecule has 7 heteroatoms. The molecule has 21 heavy (non-hydrogen) atoms. The summed E-state index contributed by atoms with van der Waals surface area (Å²) in [7, 11) is 1.52. The Bertz CT molecular complexity index is 497. The van der Waals surface area contributed by atoms with E-state index < -0.39 is 11.7 Å².